The molecule has 5 nitrogen and oxygen atoms in total. The summed E-state index contributed by atoms with van der Waals surface area (Å²) in [7, 11) is 0. The summed E-state index contributed by atoms with van der Waals surface area (Å²) >= 11 is 0. The summed E-state index contributed by atoms with van der Waals surface area (Å²) in [5.74, 6) is 0.285. The molecule has 2 amide bonds. The summed E-state index contributed by atoms with van der Waals surface area (Å²) in [6, 6.07) is 7.89. The van der Waals surface area contributed by atoms with Gasteiger partial charge in [-0.3, -0.25) is 9.59 Å². The number of anilines is 2. The highest BCUT2D eigenvalue weighted by Gasteiger charge is 2.27. The lowest BCUT2D eigenvalue weighted by atomic mass is 10.1. The van der Waals surface area contributed by atoms with E-state index >= 15 is 0 Å². The van der Waals surface area contributed by atoms with Gasteiger partial charge in [0.1, 0.15) is 0 Å². The SMILES string of the molecule is CCCN(CCC)C1=CCCN(c2ccc(N3CCCCC3=O)cc2)C1=O. The van der Waals surface area contributed by atoms with Crippen molar-refractivity contribution in [3.05, 3.63) is 36.0 Å². The molecular weight excluding hydrogens is 338 g/mol. The Morgan fingerprint density at radius 3 is 2.11 bits per heavy atom. The van der Waals surface area contributed by atoms with Gasteiger partial charge in [-0.05, 0) is 56.4 Å². The van der Waals surface area contributed by atoms with Gasteiger partial charge < -0.3 is 14.7 Å². The molecule has 0 unspecified atom stereocenters. The van der Waals surface area contributed by atoms with Crippen LogP contribution < -0.4 is 9.80 Å². The van der Waals surface area contributed by atoms with Crippen LogP contribution in [0.15, 0.2) is 36.0 Å². The zero-order valence-corrected chi connectivity index (χ0v) is 16.6. The summed E-state index contributed by atoms with van der Waals surface area (Å²) in [5.41, 5.74) is 2.68. The Kier molecular flexibility index (Phi) is 6.54. The van der Waals surface area contributed by atoms with Crippen LogP contribution in [0.1, 0.15) is 52.4 Å². The van der Waals surface area contributed by atoms with Crippen LogP contribution >= 0.6 is 0 Å². The second-order valence-electron chi connectivity index (χ2n) is 7.34. The molecule has 0 radical (unpaired) electrons. The Labute approximate surface area is 162 Å². The minimum atomic E-state index is 0.0879. The second kappa shape index (κ2) is 9.07. The van der Waals surface area contributed by atoms with Gasteiger partial charge in [-0.25, -0.2) is 0 Å². The lowest BCUT2D eigenvalue weighted by Crippen LogP contribution is -2.42. The van der Waals surface area contributed by atoms with E-state index in [9.17, 15) is 9.59 Å². The normalized spacial score (nSPS) is 17.9. The van der Waals surface area contributed by atoms with Gasteiger partial charge in [-0.2, -0.15) is 0 Å². The third-order valence-corrected chi connectivity index (χ3v) is 5.28. The fraction of sp³-hybridized carbons (Fsp3) is 0.545. The van der Waals surface area contributed by atoms with Crippen LogP contribution in [0, 0.1) is 0 Å². The fourth-order valence-corrected chi connectivity index (χ4v) is 3.95. The van der Waals surface area contributed by atoms with Crippen LogP contribution in [0.5, 0.6) is 0 Å². The summed E-state index contributed by atoms with van der Waals surface area (Å²) in [4.78, 5) is 31.2. The Hall–Kier alpha value is -2.30. The number of nitrogens with zero attached hydrogens (tertiary/aromatic N) is 3. The van der Waals surface area contributed by atoms with Gasteiger partial charge in [0.05, 0.1) is 5.70 Å². The number of carbonyl (C=O) groups is 2. The molecule has 0 spiro atoms. The molecule has 1 aromatic carbocycles. The highest BCUT2D eigenvalue weighted by atomic mass is 16.2. The van der Waals surface area contributed by atoms with E-state index in [1.165, 1.54) is 0 Å². The summed E-state index contributed by atoms with van der Waals surface area (Å²) in [6.45, 7) is 7.61. The van der Waals surface area contributed by atoms with Gasteiger partial charge in [0.25, 0.3) is 5.91 Å². The van der Waals surface area contributed by atoms with Crippen molar-refractivity contribution in [2.24, 2.45) is 0 Å². The molecule has 146 valence electrons. The Bertz CT molecular complexity index is 690. The van der Waals surface area contributed by atoms with Crippen molar-refractivity contribution in [3.8, 4) is 0 Å². The Morgan fingerprint density at radius 1 is 0.889 bits per heavy atom. The van der Waals surface area contributed by atoms with E-state index < -0.39 is 0 Å². The quantitative estimate of drug-likeness (QED) is 0.731. The number of benzene rings is 1. The maximum absolute atomic E-state index is 13.1. The molecule has 27 heavy (non-hydrogen) atoms. The van der Waals surface area contributed by atoms with Gasteiger partial charge in [-0.1, -0.05) is 19.9 Å². The molecule has 0 atom stereocenters. The fourth-order valence-electron chi connectivity index (χ4n) is 3.95. The van der Waals surface area contributed by atoms with Crippen molar-refractivity contribution < 1.29 is 9.59 Å². The van der Waals surface area contributed by atoms with Gasteiger partial charge >= 0.3 is 0 Å². The third-order valence-electron chi connectivity index (χ3n) is 5.28. The first kappa shape index (κ1) is 19.5. The van der Waals surface area contributed by atoms with E-state index in [1.807, 2.05) is 34.1 Å². The van der Waals surface area contributed by atoms with Crippen molar-refractivity contribution >= 4 is 23.2 Å². The van der Waals surface area contributed by atoms with Crippen molar-refractivity contribution in [3.63, 3.8) is 0 Å². The summed E-state index contributed by atoms with van der Waals surface area (Å²) < 4.78 is 0. The van der Waals surface area contributed by atoms with E-state index in [4.69, 9.17) is 0 Å². The number of rotatable bonds is 7. The molecule has 3 rings (SSSR count). The van der Waals surface area contributed by atoms with Crippen LogP contribution in [0.3, 0.4) is 0 Å². The van der Waals surface area contributed by atoms with E-state index in [0.717, 1.165) is 68.8 Å². The first-order chi connectivity index (χ1) is 13.2. The number of piperidine rings is 1. The minimum absolute atomic E-state index is 0.0879. The molecule has 0 bridgehead atoms. The molecule has 2 aliphatic rings. The highest BCUT2D eigenvalue weighted by Crippen LogP contribution is 2.27. The molecule has 1 saturated heterocycles. The van der Waals surface area contributed by atoms with Crippen LogP contribution in [0.25, 0.3) is 0 Å². The number of hydrogen-bond acceptors (Lipinski definition) is 3. The lowest BCUT2D eigenvalue weighted by molar-refractivity contribution is -0.119. The van der Waals surface area contributed by atoms with Crippen molar-refractivity contribution in [2.45, 2.75) is 52.4 Å². The Morgan fingerprint density at radius 2 is 1.52 bits per heavy atom. The molecule has 2 heterocycles. The average Bonchev–Trinajstić information content (AvgIpc) is 2.69. The molecule has 1 fully saturated rings. The van der Waals surface area contributed by atoms with Crippen molar-refractivity contribution in [1.82, 2.24) is 4.90 Å². The third kappa shape index (κ3) is 4.34. The second-order valence-corrected chi connectivity index (χ2v) is 7.34. The maximum atomic E-state index is 13.1. The number of amides is 2. The monoisotopic (exact) mass is 369 g/mol. The number of hydrogen-bond donors (Lipinski definition) is 0. The molecule has 0 N–H and O–H groups in total. The predicted molar refractivity (Wildman–Crippen MR) is 110 cm³/mol. The molecule has 0 saturated carbocycles. The largest absolute Gasteiger partial charge is 0.367 e. The van der Waals surface area contributed by atoms with Crippen molar-refractivity contribution in [2.75, 3.05) is 36.0 Å². The number of carbonyl (C=O) groups excluding carboxylic acids is 2. The van der Waals surface area contributed by atoms with Gasteiger partial charge in [0, 0.05) is 44.0 Å². The molecule has 5 heteroatoms. The van der Waals surface area contributed by atoms with E-state index in [-0.39, 0.29) is 11.8 Å². The van der Waals surface area contributed by atoms with Crippen LogP contribution in [-0.2, 0) is 9.59 Å². The Balaban J connectivity index is 1.75. The van der Waals surface area contributed by atoms with Crippen molar-refractivity contribution in [1.29, 1.82) is 0 Å². The van der Waals surface area contributed by atoms with E-state index in [0.29, 0.717) is 13.0 Å². The minimum Gasteiger partial charge on any atom is -0.367 e. The van der Waals surface area contributed by atoms with Crippen LogP contribution in [0.2, 0.25) is 0 Å². The molecule has 0 aromatic heterocycles. The van der Waals surface area contributed by atoms with Gasteiger partial charge in [0.15, 0.2) is 0 Å². The topological polar surface area (TPSA) is 43.9 Å². The zero-order chi connectivity index (χ0) is 19.2. The summed E-state index contributed by atoms with van der Waals surface area (Å²) in [6.07, 6.45) is 7.69. The lowest BCUT2D eigenvalue weighted by Gasteiger charge is -2.34. The molecule has 0 aliphatic carbocycles. The van der Waals surface area contributed by atoms with Crippen LogP contribution in [-0.4, -0.2) is 42.9 Å². The average molecular weight is 370 g/mol. The maximum Gasteiger partial charge on any atom is 0.274 e. The smallest absolute Gasteiger partial charge is 0.274 e. The van der Waals surface area contributed by atoms with E-state index in [1.54, 1.807) is 0 Å². The zero-order valence-electron chi connectivity index (χ0n) is 16.6. The molecule has 2 aliphatic heterocycles. The standard InChI is InChI=1S/C22H31N3O2/c1-3-14-23(15-4-2)20-8-7-17-25(22(20)27)19-12-10-18(11-13-19)24-16-6-5-9-21(24)26/h8,10-13H,3-7,9,14-17H2,1-2H3. The first-order valence-electron chi connectivity index (χ1n) is 10.3. The predicted octanol–water partition coefficient (Wildman–Crippen LogP) is 3.95. The highest BCUT2D eigenvalue weighted by molar-refractivity contribution is 6.06. The van der Waals surface area contributed by atoms with Gasteiger partial charge in [-0.15, -0.1) is 0 Å². The van der Waals surface area contributed by atoms with E-state index in [2.05, 4.69) is 24.8 Å². The molecule has 1 aromatic rings. The van der Waals surface area contributed by atoms with Crippen LogP contribution in [0.4, 0.5) is 11.4 Å². The summed E-state index contributed by atoms with van der Waals surface area (Å²) in [5, 5.41) is 0. The van der Waals surface area contributed by atoms with Gasteiger partial charge in [0.2, 0.25) is 5.91 Å². The molecular formula is C22H31N3O2. The first-order valence-corrected chi connectivity index (χ1v) is 10.3.